The predicted octanol–water partition coefficient (Wildman–Crippen LogP) is 2.87. The fourth-order valence-electron chi connectivity index (χ4n) is 3.07. The normalized spacial score (nSPS) is 20.4. The molecule has 2 atom stereocenters. The molecular formula is C18H18F2N2O2. The van der Waals surface area contributed by atoms with Crippen molar-refractivity contribution in [2.24, 2.45) is 0 Å². The molecule has 0 saturated carbocycles. The first-order valence-electron chi connectivity index (χ1n) is 7.87. The van der Waals surface area contributed by atoms with Crippen molar-refractivity contribution < 1.29 is 18.7 Å². The van der Waals surface area contributed by atoms with Gasteiger partial charge >= 0.3 is 0 Å². The summed E-state index contributed by atoms with van der Waals surface area (Å²) in [6.45, 7) is 2.03. The number of amides is 1. The van der Waals surface area contributed by atoms with Crippen LogP contribution in [-0.2, 0) is 6.42 Å². The van der Waals surface area contributed by atoms with Gasteiger partial charge in [0.05, 0.1) is 17.7 Å². The van der Waals surface area contributed by atoms with Crippen molar-refractivity contribution >= 4 is 5.91 Å². The van der Waals surface area contributed by atoms with E-state index in [0.29, 0.717) is 5.56 Å². The first-order chi connectivity index (χ1) is 11.5. The molecule has 1 saturated heterocycles. The molecular weight excluding hydrogens is 314 g/mol. The molecule has 24 heavy (non-hydrogen) atoms. The Balaban J connectivity index is 1.95. The lowest BCUT2D eigenvalue weighted by Gasteiger charge is -2.25. The summed E-state index contributed by atoms with van der Waals surface area (Å²) in [5, 5.41) is 9.96. The molecule has 1 amide bonds. The lowest BCUT2D eigenvalue weighted by Crippen LogP contribution is -2.32. The van der Waals surface area contributed by atoms with Crippen molar-refractivity contribution in [2.45, 2.75) is 31.9 Å². The number of β-amino-alcohol motifs (C(OH)–C–C–N with tert-alkyl or cyclic N) is 1. The monoisotopic (exact) mass is 332 g/mol. The Bertz CT molecular complexity index is 766. The van der Waals surface area contributed by atoms with Crippen molar-refractivity contribution in [3.8, 4) is 0 Å². The van der Waals surface area contributed by atoms with Crippen molar-refractivity contribution in [3.05, 3.63) is 65.0 Å². The minimum absolute atomic E-state index is 0.0792. The molecule has 1 N–H and O–H groups in total. The van der Waals surface area contributed by atoms with Crippen LogP contribution in [0.4, 0.5) is 8.78 Å². The number of halogens is 2. The molecule has 1 aliphatic heterocycles. The number of hydrogen-bond donors (Lipinski definition) is 1. The number of rotatable bonds is 3. The van der Waals surface area contributed by atoms with E-state index in [-0.39, 0.29) is 24.4 Å². The summed E-state index contributed by atoms with van der Waals surface area (Å²) in [5.74, 6) is -1.51. The number of carbonyl (C=O) groups excluding carboxylic acids is 1. The first kappa shape index (κ1) is 16.5. The highest BCUT2D eigenvalue weighted by Gasteiger charge is 2.37. The van der Waals surface area contributed by atoms with E-state index >= 15 is 0 Å². The number of aromatic nitrogens is 1. The Hall–Kier alpha value is -2.34. The van der Waals surface area contributed by atoms with E-state index in [4.69, 9.17) is 0 Å². The van der Waals surface area contributed by atoms with Crippen LogP contribution in [0.15, 0.2) is 36.7 Å². The summed E-state index contributed by atoms with van der Waals surface area (Å²) in [7, 11) is 0. The number of aliphatic hydroxyl groups excluding tert-OH is 1. The van der Waals surface area contributed by atoms with Crippen molar-refractivity contribution in [2.75, 3.05) is 6.54 Å². The Morgan fingerprint density at radius 1 is 1.33 bits per heavy atom. The Morgan fingerprint density at radius 2 is 2.12 bits per heavy atom. The number of nitrogens with zero attached hydrogens (tertiary/aromatic N) is 2. The Kier molecular flexibility index (Phi) is 4.57. The first-order valence-corrected chi connectivity index (χ1v) is 7.87. The van der Waals surface area contributed by atoms with Crippen molar-refractivity contribution in [1.82, 2.24) is 9.88 Å². The second-order valence-electron chi connectivity index (χ2n) is 5.96. The Morgan fingerprint density at radius 3 is 2.88 bits per heavy atom. The quantitative estimate of drug-likeness (QED) is 0.940. The van der Waals surface area contributed by atoms with E-state index < -0.39 is 23.8 Å². The second-order valence-corrected chi connectivity index (χ2v) is 5.96. The van der Waals surface area contributed by atoms with Crippen LogP contribution in [0.25, 0.3) is 0 Å². The highest BCUT2D eigenvalue weighted by molar-refractivity contribution is 5.94. The molecule has 6 heteroatoms. The lowest BCUT2D eigenvalue weighted by molar-refractivity contribution is 0.0713. The fourth-order valence-corrected chi connectivity index (χ4v) is 3.07. The van der Waals surface area contributed by atoms with Gasteiger partial charge in [0, 0.05) is 24.5 Å². The maximum absolute atomic E-state index is 14.1. The third-order valence-corrected chi connectivity index (χ3v) is 4.31. The van der Waals surface area contributed by atoms with E-state index in [1.54, 1.807) is 12.3 Å². The van der Waals surface area contributed by atoms with Crippen LogP contribution in [0.2, 0.25) is 0 Å². The second kappa shape index (κ2) is 6.65. The molecule has 0 radical (unpaired) electrons. The van der Waals surface area contributed by atoms with Gasteiger partial charge < -0.3 is 10.0 Å². The van der Waals surface area contributed by atoms with Gasteiger partial charge in [0.2, 0.25) is 0 Å². The molecule has 1 fully saturated rings. The average Bonchev–Trinajstić information content (AvgIpc) is 2.98. The Labute approximate surface area is 138 Å². The van der Waals surface area contributed by atoms with Crippen LogP contribution in [0.1, 0.15) is 40.9 Å². The molecule has 2 aromatic rings. The van der Waals surface area contributed by atoms with E-state index in [2.05, 4.69) is 4.98 Å². The zero-order chi connectivity index (χ0) is 17.3. The molecule has 1 aromatic carbocycles. The zero-order valence-electron chi connectivity index (χ0n) is 13.2. The van der Waals surface area contributed by atoms with Gasteiger partial charge in [0.1, 0.15) is 11.6 Å². The summed E-state index contributed by atoms with van der Waals surface area (Å²) in [5.41, 5.74) is 1.37. The van der Waals surface area contributed by atoms with Crippen LogP contribution in [0, 0.1) is 11.6 Å². The van der Waals surface area contributed by atoms with Crippen LogP contribution in [0.5, 0.6) is 0 Å². The van der Waals surface area contributed by atoms with E-state index in [0.717, 1.165) is 30.2 Å². The van der Waals surface area contributed by atoms with Gasteiger partial charge in [-0.2, -0.15) is 0 Å². The molecule has 4 nitrogen and oxygen atoms in total. The minimum atomic E-state index is -0.774. The van der Waals surface area contributed by atoms with Gasteiger partial charge in [-0.25, -0.2) is 8.78 Å². The van der Waals surface area contributed by atoms with Crippen LogP contribution in [0.3, 0.4) is 0 Å². The molecule has 2 heterocycles. The molecule has 1 aliphatic rings. The fraction of sp³-hybridized carbons (Fsp3) is 0.333. The molecule has 126 valence electrons. The maximum atomic E-state index is 14.1. The van der Waals surface area contributed by atoms with Gasteiger partial charge in [-0.3, -0.25) is 9.78 Å². The lowest BCUT2D eigenvalue weighted by atomic mass is 10.0. The number of aliphatic hydroxyl groups is 1. The minimum Gasteiger partial charge on any atom is -0.391 e. The van der Waals surface area contributed by atoms with Crippen molar-refractivity contribution in [1.29, 1.82) is 0 Å². The maximum Gasteiger partial charge on any atom is 0.256 e. The smallest absolute Gasteiger partial charge is 0.256 e. The number of benzene rings is 1. The highest BCUT2D eigenvalue weighted by atomic mass is 19.1. The summed E-state index contributed by atoms with van der Waals surface area (Å²) < 4.78 is 27.6. The molecule has 1 aromatic heterocycles. The van der Waals surface area contributed by atoms with E-state index in [1.165, 1.54) is 11.1 Å². The predicted molar refractivity (Wildman–Crippen MR) is 84.4 cm³/mol. The van der Waals surface area contributed by atoms with Gasteiger partial charge in [-0.15, -0.1) is 0 Å². The number of pyridine rings is 1. The van der Waals surface area contributed by atoms with Crippen LogP contribution < -0.4 is 0 Å². The summed E-state index contributed by atoms with van der Waals surface area (Å²) in [6.07, 6.45) is 3.26. The SMILES string of the molecule is CCc1cncc(C(=O)N2CC(O)CC2c2cc(F)ccc2F)c1. The molecule has 0 spiro atoms. The summed E-state index contributed by atoms with van der Waals surface area (Å²) in [6, 6.07) is 4.19. The van der Waals surface area contributed by atoms with Crippen LogP contribution in [-0.4, -0.2) is 33.5 Å². The van der Waals surface area contributed by atoms with E-state index in [1.807, 2.05) is 6.92 Å². The summed E-state index contributed by atoms with van der Waals surface area (Å²) in [4.78, 5) is 18.2. The van der Waals surface area contributed by atoms with Gasteiger partial charge in [-0.05, 0) is 42.7 Å². The number of hydrogen-bond acceptors (Lipinski definition) is 3. The average molecular weight is 332 g/mol. The number of carbonyl (C=O) groups is 1. The zero-order valence-corrected chi connectivity index (χ0v) is 13.2. The molecule has 2 unspecified atom stereocenters. The van der Waals surface area contributed by atoms with Gasteiger partial charge in [0.25, 0.3) is 5.91 Å². The molecule has 0 aliphatic carbocycles. The largest absolute Gasteiger partial charge is 0.391 e. The molecule has 0 bridgehead atoms. The van der Waals surface area contributed by atoms with Gasteiger partial charge in [0.15, 0.2) is 0 Å². The van der Waals surface area contributed by atoms with E-state index in [9.17, 15) is 18.7 Å². The highest BCUT2D eigenvalue weighted by Crippen LogP contribution is 2.35. The van der Waals surface area contributed by atoms with Gasteiger partial charge in [-0.1, -0.05) is 6.92 Å². The number of aryl methyl sites for hydroxylation is 1. The van der Waals surface area contributed by atoms with Crippen LogP contribution >= 0.6 is 0 Å². The summed E-state index contributed by atoms with van der Waals surface area (Å²) >= 11 is 0. The van der Waals surface area contributed by atoms with Crippen molar-refractivity contribution in [3.63, 3.8) is 0 Å². The third kappa shape index (κ3) is 3.14. The molecule has 3 rings (SSSR count). The number of likely N-dealkylation sites (tertiary alicyclic amines) is 1. The topological polar surface area (TPSA) is 53.4 Å². The standard InChI is InChI=1S/C18H18F2N2O2/c1-2-11-5-12(9-21-8-11)18(24)22-10-14(23)7-17(22)15-6-13(19)3-4-16(15)20/h3-6,8-9,14,17,23H,2,7,10H2,1H3. The third-order valence-electron chi connectivity index (χ3n) is 4.31.